The summed E-state index contributed by atoms with van der Waals surface area (Å²) in [5.74, 6) is 1.64. The summed E-state index contributed by atoms with van der Waals surface area (Å²) in [6, 6.07) is 18.7. The first-order valence-electron chi connectivity index (χ1n) is 13.5. The lowest BCUT2D eigenvalue weighted by atomic mass is 10.1. The predicted octanol–water partition coefficient (Wildman–Crippen LogP) is 3.66. The summed E-state index contributed by atoms with van der Waals surface area (Å²) in [7, 11) is 2.17. The lowest BCUT2D eigenvalue weighted by Crippen LogP contribution is -2.44. The highest BCUT2D eigenvalue weighted by atomic mass is 16.2. The van der Waals surface area contributed by atoms with Crippen molar-refractivity contribution in [1.29, 1.82) is 0 Å². The van der Waals surface area contributed by atoms with Gasteiger partial charge in [-0.25, -0.2) is 15.0 Å². The number of amides is 1. The summed E-state index contributed by atoms with van der Waals surface area (Å²) in [5.41, 5.74) is 4.71. The second-order valence-electron chi connectivity index (χ2n) is 10.1. The first-order chi connectivity index (χ1) is 18.7. The number of nitrogens with one attached hydrogen (secondary N) is 1. The van der Waals surface area contributed by atoms with E-state index in [1.807, 2.05) is 46.1 Å². The molecule has 1 N–H and O–H groups in total. The minimum atomic E-state index is 0.262. The van der Waals surface area contributed by atoms with Gasteiger partial charge in [0.25, 0.3) is 0 Å². The van der Waals surface area contributed by atoms with E-state index in [4.69, 9.17) is 9.97 Å². The number of carbonyl (C=O) groups is 1. The average molecular weight is 511 g/mol. The number of hydrogen-bond acceptors (Lipinski definition) is 7. The number of likely N-dealkylation sites (tertiary alicyclic amines) is 1. The topological polar surface area (TPSA) is 82.4 Å². The van der Waals surface area contributed by atoms with E-state index < -0.39 is 0 Å². The number of para-hydroxylation sites is 1. The number of nitrogens with zero attached hydrogens (tertiary/aromatic N) is 7. The van der Waals surface area contributed by atoms with E-state index in [1.54, 1.807) is 0 Å². The zero-order chi connectivity index (χ0) is 25.9. The number of piperazine rings is 1. The van der Waals surface area contributed by atoms with Crippen molar-refractivity contribution in [3.63, 3.8) is 0 Å². The highest BCUT2D eigenvalue weighted by Crippen LogP contribution is 2.28. The summed E-state index contributed by atoms with van der Waals surface area (Å²) >= 11 is 0. The van der Waals surface area contributed by atoms with E-state index in [-0.39, 0.29) is 5.91 Å². The van der Waals surface area contributed by atoms with Gasteiger partial charge in [0.2, 0.25) is 5.91 Å². The molecule has 2 aromatic carbocycles. The van der Waals surface area contributed by atoms with E-state index in [0.29, 0.717) is 18.8 Å². The molecule has 9 heteroatoms. The number of carbonyl (C=O) groups excluding carboxylic acids is 1. The van der Waals surface area contributed by atoms with Crippen LogP contribution in [0.5, 0.6) is 0 Å². The van der Waals surface area contributed by atoms with Crippen LogP contribution in [0.4, 0.5) is 11.5 Å². The number of aromatic nitrogens is 4. The van der Waals surface area contributed by atoms with Gasteiger partial charge in [0.05, 0.1) is 0 Å². The molecule has 2 aliphatic heterocycles. The lowest BCUT2D eigenvalue weighted by Gasteiger charge is -2.34. The van der Waals surface area contributed by atoms with E-state index in [9.17, 15) is 4.79 Å². The van der Waals surface area contributed by atoms with Crippen LogP contribution in [0.25, 0.3) is 28.2 Å². The molecule has 0 saturated carbocycles. The molecule has 1 amide bonds. The molecule has 0 radical (unpaired) electrons. The molecule has 38 heavy (non-hydrogen) atoms. The number of hydrogen-bond donors (Lipinski definition) is 1. The molecule has 2 fully saturated rings. The van der Waals surface area contributed by atoms with E-state index >= 15 is 0 Å². The van der Waals surface area contributed by atoms with Crippen molar-refractivity contribution in [3.8, 4) is 17.1 Å². The van der Waals surface area contributed by atoms with Gasteiger partial charge < -0.3 is 20.0 Å². The summed E-state index contributed by atoms with van der Waals surface area (Å²) < 4.78 is 2.01. The molecular formula is C29H34N8O. The monoisotopic (exact) mass is 510 g/mol. The molecule has 9 nitrogen and oxygen atoms in total. The van der Waals surface area contributed by atoms with E-state index in [0.717, 1.165) is 80.3 Å². The standard InChI is InChI=1S/C29H34N8O/c1-34-17-19-35(20-18-34)23-12-10-22(11-13-23)27-32-28(30-14-6-16-36-15-5-9-25(36)38)26-29(33-27)37(21-31-26)24-7-3-2-4-8-24/h2-4,7-8,10-13,21H,5-6,9,14-20H2,1H3,(H,30,32,33). The molecule has 2 aromatic heterocycles. The second-order valence-corrected chi connectivity index (χ2v) is 10.1. The van der Waals surface area contributed by atoms with Gasteiger partial charge in [-0.1, -0.05) is 18.2 Å². The molecule has 0 bridgehead atoms. The molecule has 0 aliphatic carbocycles. The molecule has 4 heterocycles. The third kappa shape index (κ3) is 5.06. The fraction of sp³-hybridized carbons (Fsp3) is 0.379. The number of likely N-dealkylation sites (N-methyl/N-ethyl adjacent to an activating group) is 1. The Hall–Kier alpha value is -3.98. The van der Waals surface area contributed by atoms with Gasteiger partial charge in [-0.15, -0.1) is 0 Å². The minimum absolute atomic E-state index is 0.262. The van der Waals surface area contributed by atoms with Crippen LogP contribution >= 0.6 is 0 Å². The van der Waals surface area contributed by atoms with Gasteiger partial charge in [-0.05, 0) is 56.3 Å². The SMILES string of the molecule is CN1CCN(c2ccc(-c3nc(NCCCN4CCCC4=O)c4ncn(-c5ccccc5)c4n3)cc2)CC1. The van der Waals surface area contributed by atoms with Crippen LogP contribution in [0.15, 0.2) is 60.9 Å². The molecule has 4 aromatic rings. The highest BCUT2D eigenvalue weighted by Gasteiger charge is 2.20. The van der Waals surface area contributed by atoms with Gasteiger partial charge in [-0.2, -0.15) is 0 Å². The van der Waals surface area contributed by atoms with Gasteiger partial charge in [0.15, 0.2) is 22.8 Å². The molecule has 0 atom stereocenters. The number of imidazole rings is 1. The Kier molecular flexibility index (Phi) is 6.92. The van der Waals surface area contributed by atoms with Crippen molar-refractivity contribution >= 4 is 28.6 Å². The largest absolute Gasteiger partial charge is 0.369 e. The summed E-state index contributed by atoms with van der Waals surface area (Å²) in [6.45, 7) is 6.55. The van der Waals surface area contributed by atoms with Crippen LogP contribution in [-0.4, -0.2) is 88.1 Å². The molecule has 0 spiro atoms. The van der Waals surface area contributed by atoms with Crippen molar-refractivity contribution in [3.05, 3.63) is 60.9 Å². The third-order valence-corrected chi connectivity index (χ3v) is 7.49. The van der Waals surface area contributed by atoms with Gasteiger partial charge in [-0.3, -0.25) is 9.36 Å². The fourth-order valence-electron chi connectivity index (χ4n) is 5.23. The zero-order valence-corrected chi connectivity index (χ0v) is 21.9. The van der Waals surface area contributed by atoms with Crippen LogP contribution in [0, 0.1) is 0 Å². The van der Waals surface area contributed by atoms with Crippen molar-refractivity contribution in [2.75, 3.05) is 63.1 Å². The van der Waals surface area contributed by atoms with E-state index in [1.165, 1.54) is 5.69 Å². The number of benzene rings is 2. The Bertz CT molecular complexity index is 1390. The summed E-state index contributed by atoms with van der Waals surface area (Å²) in [4.78, 5) is 33.3. The van der Waals surface area contributed by atoms with Crippen LogP contribution in [0.1, 0.15) is 19.3 Å². The first kappa shape index (κ1) is 24.4. The van der Waals surface area contributed by atoms with Crippen LogP contribution < -0.4 is 10.2 Å². The maximum Gasteiger partial charge on any atom is 0.222 e. The number of fused-ring (bicyclic) bond motifs is 1. The average Bonchev–Trinajstić information content (AvgIpc) is 3.58. The minimum Gasteiger partial charge on any atom is -0.369 e. The first-order valence-corrected chi connectivity index (χ1v) is 13.5. The van der Waals surface area contributed by atoms with Crippen molar-refractivity contribution < 1.29 is 4.79 Å². The summed E-state index contributed by atoms with van der Waals surface area (Å²) in [5, 5.41) is 3.49. The Balaban J connectivity index is 1.28. The molecule has 0 unspecified atom stereocenters. The Morgan fingerprint density at radius 1 is 0.895 bits per heavy atom. The van der Waals surface area contributed by atoms with E-state index in [2.05, 4.69) is 51.4 Å². The Morgan fingerprint density at radius 3 is 2.42 bits per heavy atom. The second kappa shape index (κ2) is 10.8. The number of rotatable bonds is 8. The molecule has 2 aliphatic rings. The van der Waals surface area contributed by atoms with Crippen LogP contribution in [-0.2, 0) is 4.79 Å². The molecule has 2 saturated heterocycles. The number of anilines is 2. The highest BCUT2D eigenvalue weighted by molar-refractivity contribution is 5.86. The molecular weight excluding hydrogens is 476 g/mol. The van der Waals surface area contributed by atoms with Gasteiger partial charge in [0, 0.05) is 69.2 Å². The molecule has 6 rings (SSSR count). The van der Waals surface area contributed by atoms with Crippen LogP contribution in [0.2, 0.25) is 0 Å². The Labute approximate surface area is 223 Å². The van der Waals surface area contributed by atoms with Crippen molar-refractivity contribution in [1.82, 2.24) is 29.3 Å². The van der Waals surface area contributed by atoms with Gasteiger partial charge >= 0.3 is 0 Å². The van der Waals surface area contributed by atoms with Crippen molar-refractivity contribution in [2.24, 2.45) is 0 Å². The quantitative estimate of drug-likeness (QED) is 0.362. The fourth-order valence-corrected chi connectivity index (χ4v) is 5.23. The molecule has 196 valence electrons. The maximum atomic E-state index is 12.0. The van der Waals surface area contributed by atoms with Crippen LogP contribution in [0.3, 0.4) is 0 Å². The lowest BCUT2D eigenvalue weighted by molar-refractivity contribution is -0.127. The smallest absolute Gasteiger partial charge is 0.222 e. The third-order valence-electron chi connectivity index (χ3n) is 7.49. The predicted molar refractivity (Wildman–Crippen MR) is 151 cm³/mol. The van der Waals surface area contributed by atoms with Crippen molar-refractivity contribution in [2.45, 2.75) is 19.3 Å². The Morgan fingerprint density at radius 2 is 1.68 bits per heavy atom. The maximum absolute atomic E-state index is 12.0. The van der Waals surface area contributed by atoms with Gasteiger partial charge in [0.1, 0.15) is 6.33 Å². The normalized spacial score (nSPS) is 16.5. The zero-order valence-electron chi connectivity index (χ0n) is 21.9. The summed E-state index contributed by atoms with van der Waals surface area (Å²) in [6.07, 6.45) is 4.30.